The Morgan fingerprint density at radius 2 is 1.92 bits per heavy atom. The standard InChI is InChI=1S/C19H19N5O/c1-14-17(12-21-22-19(25)18-10-6-7-11-20-18)15(2)24(23-14)13-16-8-4-3-5-9-16/h3-12H,13H2,1-2H3,(H,22,25)/b21-12+. The molecule has 0 unspecified atom stereocenters. The van der Waals surface area contributed by atoms with Crippen LogP contribution >= 0.6 is 0 Å². The Balaban J connectivity index is 1.71. The first kappa shape index (κ1) is 16.6. The molecule has 3 aromatic rings. The Hall–Kier alpha value is -3.28. The number of benzene rings is 1. The fourth-order valence-electron chi connectivity index (χ4n) is 2.52. The first-order valence-electron chi connectivity index (χ1n) is 7.97. The number of carbonyl (C=O) groups excluding carboxylic acids is 1. The van der Waals surface area contributed by atoms with Gasteiger partial charge in [-0.1, -0.05) is 36.4 Å². The monoisotopic (exact) mass is 333 g/mol. The van der Waals surface area contributed by atoms with Crippen molar-refractivity contribution in [3.05, 3.63) is 82.9 Å². The highest BCUT2D eigenvalue weighted by Gasteiger charge is 2.10. The summed E-state index contributed by atoms with van der Waals surface area (Å²) in [5.74, 6) is -0.344. The zero-order chi connectivity index (χ0) is 17.6. The molecule has 0 bridgehead atoms. The fraction of sp³-hybridized carbons (Fsp3) is 0.158. The van der Waals surface area contributed by atoms with Gasteiger partial charge in [0.15, 0.2) is 0 Å². The Labute approximate surface area is 146 Å². The summed E-state index contributed by atoms with van der Waals surface area (Å²) >= 11 is 0. The van der Waals surface area contributed by atoms with Crippen molar-refractivity contribution in [1.29, 1.82) is 0 Å². The van der Waals surface area contributed by atoms with Crippen LogP contribution in [0, 0.1) is 13.8 Å². The number of nitrogens with one attached hydrogen (secondary N) is 1. The van der Waals surface area contributed by atoms with Crippen molar-refractivity contribution in [2.24, 2.45) is 5.10 Å². The van der Waals surface area contributed by atoms with Crippen LogP contribution in [0.15, 0.2) is 59.8 Å². The van der Waals surface area contributed by atoms with Crippen LogP contribution < -0.4 is 5.43 Å². The third-order valence-electron chi connectivity index (χ3n) is 3.87. The number of amides is 1. The molecule has 1 aromatic carbocycles. The fourth-order valence-corrected chi connectivity index (χ4v) is 2.52. The van der Waals surface area contributed by atoms with E-state index in [-0.39, 0.29) is 5.91 Å². The summed E-state index contributed by atoms with van der Waals surface area (Å²) in [5, 5.41) is 8.60. The molecule has 0 spiro atoms. The van der Waals surface area contributed by atoms with Gasteiger partial charge in [0, 0.05) is 17.5 Å². The molecule has 0 aliphatic carbocycles. The van der Waals surface area contributed by atoms with Crippen LogP contribution in [-0.2, 0) is 6.54 Å². The summed E-state index contributed by atoms with van der Waals surface area (Å²) in [5.41, 5.74) is 6.76. The lowest BCUT2D eigenvalue weighted by Crippen LogP contribution is -2.18. The number of hydrogen-bond donors (Lipinski definition) is 1. The molecule has 0 saturated heterocycles. The second-order valence-corrected chi connectivity index (χ2v) is 5.64. The number of hydrazone groups is 1. The summed E-state index contributed by atoms with van der Waals surface area (Å²) in [6.07, 6.45) is 3.19. The number of aromatic nitrogens is 3. The smallest absolute Gasteiger partial charge is 0.266 e. The molecule has 0 saturated carbocycles. The predicted molar refractivity (Wildman–Crippen MR) is 96.5 cm³/mol. The maximum Gasteiger partial charge on any atom is 0.289 e. The van der Waals surface area contributed by atoms with Gasteiger partial charge in [-0.05, 0) is 31.5 Å². The van der Waals surface area contributed by atoms with Crippen molar-refractivity contribution in [3.8, 4) is 0 Å². The van der Waals surface area contributed by atoms with E-state index in [1.165, 1.54) is 5.56 Å². The predicted octanol–water partition coefficient (Wildman–Crippen LogP) is 2.71. The molecule has 0 aliphatic rings. The molecule has 6 nitrogen and oxygen atoms in total. The highest BCUT2D eigenvalue weighted by Crippen LogP contribution is 2.12. The van der Waals surface area contributed by atoms with Gasteiger partial charge in [-0.15, -0.1) is 0 Å². The SMILES string of the molecule is Cc1nn(Cc2ccccc2)c(C)c1/C=N/NC(=O)c1ccccn1. The number of nitrogens with zero attached hydrogens (tertiary/aromatic N) is 4. The van der Waals surface area contributed by atoms with Gasteiger partial charge in [0.1, 0.15) is 5.69 Å². The zero-order valence-corrected chi connectivity index (χ0v) is 14.2. The lowest BCUT2D eigenvalue weighted by molar-refractivity contribution is 0.0950. The van der Waals surface area contributed by atoms with Gasteiger partial charge >= 0.3 is 0 Å². The van der Waals surface area contributed by atoms with Gasteiger partial charge in [0.25, 0.3) is 5.91 Å². The average molecular weight is 333 g/mol. The highest BCUT2D eigenvalue weighted by molar-refractivity contribution is 5.93. The van der Waals surface area contributed by atoms with Crippen molar-refractivity contribution < 1.29 is 4.79 Å². The Bertz CT molecular complexity index is 885. The summed E-state index contributed by atoms with van der Waals surface area (Å²) in [6.45, 7) is 4.61. The van der Waals surface area contributed by atoms with Gasteiger partial charge in [-0.3, -0.25) is 14.5 Å². The maximum absolute atomic E-state index is 11.9. The Morgan fingerprint density at radius 3 is 2.64 bits per heavy atom. The van der Waals surface area contributed by atoms with Crippen LogP contribution in [0.2, 0.25) is 0 Å². The molecule has 0 atom stereocenters. The molecule has 1 N–H and O–H groups in total. The highest BCUT2D eigenvalue weighted by atomic mass is 16.2. The number of rotatable bonds is 5. The van der Waals surface area contributed by atoms with Gasteiger partial charge in [0.2, 0.25) is 0 Å². The van der Waals surface area contributed by atoms with Gasteiger partial charge in [0.05, 0.1) is 18.5 Å². The van der Waals surface area contributed by atoms with Crippen molar-refractivity contribution in [2.75, 3.05) is 0 Å². The van der Waals surface area contributed by atoms with Gasteiger partial charge in [-0.25, -0.2) is 5.43 Å². The second kappa shape index (κ2) is 7.53. The molecule has 2 heterocycles. The Kier molecular flexibility index (Phi) is 4.99. The molecule has 126 valence electrons. The number of aryl methyl sites for hydroxylation is 1. The molecule has 1 amide bonds. The van der Waals surface area contributed by atoms with Crippen molar-refractivity contribution in [2.45, 2.75) is 20.4 Å². The van der Waals surface area contributed by atoms with Gasteiger partial charge < -0.3 is 0 Å². The molecule has 3 rings (SSSR count). The van der Waals surface area contributed by atoms with E-state index in [4.69, 9.17) is 0 Å². The van der Waals surface area contributed by atoms with Gasteiger partial charge in [-0.2, -0.15) is 10.2 Å². The van der Waals surface area contributed by atoms with Crippen molar-refractivity contribution >= 4 is 12.1 Å². The largest absolute Gasteiger partial charge is 0.289 e. The summed E-state index contributed by atoms with van der Waals surface area (Å²) < 4.78 is 1.94. The molecule has 0 aliphatic heterocycles. The quantitative estimate of drug-likeness (QED) is 0.576. The van der Waals surface area contributed by atoms with Crippen molar-refractivity contribution in [3.63, 3.8) is 0 Å². The Morgan fingerprint density at radius 1 is 1.16 bits per heavy atom. The van der Waals surface area contributed by atoms with Crippen LogP contribution in [0.4, 0.5) is 0 Å². The average Bonchev–Trinajstić information content (AvgIpc) is 2.90. The lowest BCUT2D eigenvalue weighted by Gasteiger charge is -2.04. The number of pyridine rings is 1. The first-order chi connectivity index (χ1) is 12.1. The van der Waals surface area contributed by atoms with E-state index in [9.17, 15) is 4.79 Å². The number of carbonyl (C=O) groups is 1. The van der Waals surface area contributed by atoms with E-state index in [2.05, 4.69) is 32.7 Å². The van der Waals surface area contributed by atoms with E-state index in [1.54, 1.807) is 30.6 Å². The third kappa shape index (κ3) is 3.98. The molecule has 6 heteroatoms. The van der Waals surface area contributed by atoms with Crippen LogP contribution in [0.25, 0.3) is 0 Å². The van der Waals surface area contributed by atoms with Crippen LogP contribution in [0.5, 0.6) is 0 Å². The molecular weight excluding hydrogens is 314 g/mol. The van der Waals surface area contributed by atoms with E-state index in [1.807, 2.05) is 36.7 Å². The molecule has 25 heavy (non-hydrogen) atoms. The number of hydrogen-bond acceptors (Lipinski definition) is 4. The summed E-state index contributed by atoms with van der Waals surface area (Å²) in [4.78, 5) is 15.9. The topological polar surface area (TPSA) is 72.2 Å². The van der Waals surface area contributed by atoms with E-state index in [0.717, 1.165) is 17.0 Å². The van der Waals surface area contributed by atoms with E-state index >= 15 is 0 Å². The minimum absolute atomic E-state index is 0.327. The molecular formula is C19H19N5O. The summed E-state index contributed by atoms with van der Waals surface area (Å²) in [6, 6.07) is 15.3. The normalized spacial score (nSPS) is 11.0. The lowest BCUT2D eigenvalue weighted by atomic mass is 10.2. The molecule has 0 radical (unpaired) electrons. The van der Waals surface area contributed by atoms with Crippen molar-refractivity contribution in [1.82, 2.24) is 20.2 Å². The van der Waals surface area contributed by atoms with Crippen LogP contribution in [0.1, 0.15) is 33.0 Å². The minimum atomic E-state index is -0.344. The van der Waals surface area contributed by atoms with E-state index in [0.29, 0.717) is 12.2 Å². The van der Waals surface area contributed by atoms with Crippen LogP contribution in [-0.4, -0.2) is 26.9 Å². The minimum Gasteiger partial charge on any atom is -0.266 e. The second-order valence-electron chi connectivity index (χ2n) is 5.64. The third-order valence-corrected chi connectivity index (χ3v) is 3.87. The van der Waals surface area contributed by atoms with Crippen LogP contribution in [0.3, 0.4) is 0 Å². The summed E-state index contributed by atoms with van der Waals surface area (Å²) in [7, 11) is 0. The maximum atomic E-state index is 11.9. The molecule has 0 fully saturated rings. The molecule has 2 aromatic heterocycles. The first-order valence-corrected chi connectivity index (χ1v) is 7.97. The zero-order valence-electron chi connectivity index (χ0n) is 14.2. The van der Waals surface area contributed by atoms with E-state index < -0.39 is 0 Å².